The Bertz CT molecular complexity index is 1140. The Morgan fingerprint density at radius 2 is 1.71 bits per heavy atom. The first-order valence-electron chi connectivity index (χ1n) is 10.6. The molecule has 3 rings (SSSR count). The second-order valence-corrected chi connectivity index (χ2v) is 7.74. The molecule has 2 heterocycles. The van der Waals surface area contributed by atoms with E-state index in [4.69, 9.17) is 4.74 Å². The van der Waals surface area contributed by atoms with Crippen LogP contribution in [0.5, 0.6) is 11.5 Å². The highest BCUT2D eigenvalue weighted by atomic mass is 19.4. The molecule has 0 radical (unpaired) electrons. The first-order valence-corrected chi connectivity index (χ1v) is 10.6. The molecule has 0 fully saturated rings. The van der Waals surface area contributed by atoms with Gasteiger partial charge in [0.05, 0.1) is 23.4 Å². The highest BCUT2D eigenvalue weighted by molar-refractivity contribution is 5.85. The molecule has 0 atom stereocenters. The van der Waals surface area contributed by atoms with Crippen molar-refractivity contribution in [2.24, 2.45) is 7.05 Å². The van der Waals surface area contributed by atoms with E-state index in [9.17, 15) is 31.4 Å². The van der Waals surface area contributed by atoms with E-state index < -0.39 is 29.4 Å². The van der Waals surface area contributed by atoms with Crippen LogP contribution in [-0.2, 0) is 19.4 Å². The van der Waals surface area contributed by atoms with Crippen LogP contribution in [0.1, 0.15) is 43.9 Å². The highest BCUT2D eigenvalue weighted by Gasteiger charge is 2.35. The number of aryl methyl sites for hydroxylation is 1. The topological polar surface area (TPSA) is 60.2 Å². The number of rotatable bonds is 8. The molecule has 1 aromatic carbocycles. The van der Waals surface area contributed by atoms with Gasteiger partial charge in [0.2, 0.25) is 0 Å². The van der Waals surface area contributed by atoms with Gasteiger partial charge in [0, 0.05) is 30.6 Å². The summed E-state index contributed by atoms with van der Waals surface area (Å²) < 4.78 is 85.8. The lowest BCUT2D eigenvalue weighted by molar-refractivity contribution is -0.141. The first kappa shape index (κ1) is 25.4. The number of halogens is 6. The molecule has 0 bridgehead atoms. The van der Waals surface area contributed by atoms with Crippen LogP contribution < -0.4 is 4.74 Å². The number of unbranched alkanes of at least 4 members (excludes halogenated alkanes) is 3. The fourth-order valence-electron chi connectivity index (χ4n) is 3.48. The number of pyridine rings is 1. The summed E-state index contributed by atoms with van der Waals surface area (Å²) >= 11 is 0. The Morgan fingerprint density at radius 3 is 2.32 bits per heavy atom. The second-order valence-electron chi connectivity index (χ2n) is 7.74. The number of nitrogens with zero attached hydrogens (tertiary/aromatic N) is 3. The maximum absolute atomic E-state index is 13.3. The van der Waals surface area contributed by atoms with E-state index in [1.807, 2.05) is 6.92 Å². The van der Waals surface area contributed by atoms with Crippen LogP contribution in [0, 0.1) is 0 Å². The van der Waals surface area contributed by atoms with Crippen LogP contribution in [0.2, 0.25) is 0 Å². The Kier molecular flexibility index (Phi) is 7.42. The van der Waals surface area contributed by atoms with Gasteiger partial charge in [-0.15, -0.1) is 0 Å². The SMILES string of the molecule is CCCCCCOc1ccc(-c2cc(C(F)(F)F)nn2C)c(O)c1-c1cncc(C(F)(F)F)c1. The molecule has 0 spiro atoms. The van der Waals surface area contributed by atoms with Gasteiger partial charge < -0.3 is 9.84 Å². The third-order valence-corrected chi connectivity index (χ3v) is 5.20. The average molecular weight is 487 g/mol. The van der Waals surface area contributed by atoms with Gasteiger partial charge in [0.1, 0.15) is 11.5 Å². The number of aromatic hydroxyl groups is 1. The second kappa shape index (κ2) is 9.94. The van der Waals surface area contributed by atoms with Gasteiger partial charge in [-0.1, -0.05) is 26.2 Å². The Hall–Kier alpha value is -3.24. The molecule has 0 amide bonds. The van der Waals surface area contributed by atoms with Crippen molar-refractivity contribution in [2.45, 2.75) is 45.0 Å². The minimum absolute atomic E-state index is 0.0451. The number of alkyl halides is 6. The number of hydrogen-bond donors (Lipinski definition) is 1. The number of benzene rings is 1. The smallest absolute Gasteiger partial charge is 0.435 e. The summed E-state index contributed by atoms with van der Waals surface area (Å²) in [5.74, 6) is -0.444. The Morgan fingerprint density at radius 1 is 0.971 bits per heavy atom. The third-order valence-electron chi connectivity index (χ3n) is 5.20. The number of ether oxygens (including phenoxy) is 1. The summed E-state index contributed by atoms with van der Waals surface area (Å²) in [5, 5.41) is 14.5. The first-order chi connectivity index (χ1) is 15.9. The zero-order valence-corrected chi connectivity index (χ0v) is 18.5. The summed E-state index contributed by atoms with van der Waals surface area (Å²) in [6, 6.07) is 4.32. The van der Waals surface area contributed by atoms with Crippen LogP contribution in [0.25, 0.3) is 22.4 Å². The van der Waals surface area contributed by atoms with Crippen molar-refractivity contribution < 1.29 is 36.2 Å². The molecule has 1 N–H and O–H groups in total. The van der Waals surface area contributed by atoms with Gasteiger partial charge in [0.15, 0.2) is 5.69 Å². The van der Waals surface area contributed by atoms with Gasteiger partial charge in [-0.3, -0.25) is 9.67 Å². The van der Waals surface area contributed by atoms with E-state index in [1.165, 1.54) is 19.2 Å². The quantitative estimate of drug-likeness (QED) is 0.279. The number of phenols is 1. The summed E-state index contributed by atoms with van der Waals surface area (Å²) in [7, 11) is 1.27. The van der Waals surface area contributed by atoms with Crippen LogP contribution in [0.3, 0.4) is 0 Å². The monoisotopic (exact) mass is 487 g/mol. The maximum atomic E-state index is 13.3. The summed E-state index contributed by atoms with van der Waals surface area (Å²) in [4.78, 5) is 3.63. The summed E-state index contributed by atoms with van der Waals surface area (Å²) in [6.07, 6.45) is -4.05. The third kappa shape index (κ3) is 5.63. The fraction of sp³-hybridized carbons (Fsp3) is 0.391. The average Bonchev–Trinajstić information content (AvgIpc) is 3.15. The molecular weight excluding hydrogens is 464 g/mol. The van der Waals surface area contributed by atoms with E-state index in [-0.39, 0.29) is 34.7 Å². The van der Waals surface area contributed by atoms with Crippen LogP contribution >= 0.6 is 0 Å². The van der Waals surface area contributed by atoms with Crippen molar-refractivity contribution in [3.63, 3.8) is 0 Å². The summed E-state index contributed by atoms with van der Waals surface area (Å²) in [6.45, 7) is 2.29. The molecule has 2 aromatic heterocycles. The van der Waals surface area contributed by atoms with Gasteiger partial charge in [-0.25, -0.2) is 0 Å². The molecule has 0 saturated carbocycles. The van der Waals surface area contributed by atoms with Crippen LogP contribution in [0.4, 0.5) is 26.3 Å². The molecule has 3 aromatic rings. The molecule has 0 unspecified atom stereocenters. The van der Waals surface area contributed by atoms with Gasteiger partial charge >= 0.3 is 12.4 Å². The Balaban J connectivity index is 2.11. The number of aromatic nitrogens is 3. The fourth-order valence-corrected chi connectivity index (χ4v) is 3.48. The normalized spacial score (nSPS) is 12.2. The molecule has 11 heteroatoms. The minimum atomic E-state index is -4.71. The largest absolute Gasteiger partial charge is 0.506 e. The maximum Gasteiger partial charge on any atom is 0.435 e. The lowest BCUT2D eigenvalue weighted by atomic mass is 9.98. The molecule has 0 aliphatic carbocycles. The number of phenolic OH excluding ortho intramolecular Hbond substituents is 1. The van der Waals surface area contributed by atoms with E-state index in [0.29, 0.717) is 12.6 Å². The van der Waals surface area contributed by atoms with E-state index >= 15 is 0 Å². The molecule has 0 aliphatic heterocycles. The van der Waals surface area contributed by atoms with Crippen molar-refractivity contribution in [2.75, 3.05) is 6.61 Å². The standard InChI is InChI=1S/C23H23F6N3O2/c1-3-4-5-6-9-34-18-8-7-16(17-11-19(23(27,28)29)31-32(17)2)21(33)20(18)14-10-15(13-30-12-14)22(24,25)26/h7-8,10-13,33H,3-6,9H2,1-2H3. The van der Waals surface area contributed by atoms with Gasteiger partial charge in [-0.05, 0) is 30.7 Å². The molecular formula is C23H23F6N3O2. The van der Waals surface area contributed by atoms with Crippen molar-refractivity contribution in [3.05, 3.63) is 47.9 Å². The van der Waals surface area contributed by atoms with E-state index in [1.54, 1.807) is 0 Å². The van der Waals surface area contributed by atoms with Gasteiger partial charge in [-0.2, -0.15) is 31.4 Å². The predicted octanol–water partition coefficient (Wildman–Crippen LogP) is 6.85. The van der Waals surface area contributed by atoms with Gasteiger partial charge in [0.25, 0.3) is 0 Å². The van der Waals surface area contributed by atoms with Crippen LogP contribution in [-0.4, -0.2) is 26.5 Å². The Labute approximate surface area is 192 Å². The molecule has 0 saturated heterocycles. The molecule has 34 heavy (non-hydrogen) atoms. The zero-order valence-electron chi connectivity index (χ0n) is 18.5. The number of hydrogen-bond acceptors (Lipinski definition) is 4. The highest BCUT2D eigenvalue weighted by Crippen LogP contribution is 2.45. The van der Waals surface area contributed by atoms with Crippen molar-refractivity contribution in [3.8, 4) is 33.9 Å². The van der Waals surface area contributed by atoms with Crippen molar-refractivity contribution >= 4 is 0 Å². The predicted molar refractivity (Wildman–Crippen MR) is 113 cm³/mol. The lowest BCUT2D eigenvalue weighted by Crippen LogP contribution is -2.06. The molecule has 5 nitrogen and oxygen atoms in total. The molecule has 0 aliphatic rings. The lowest BCUT2D eigenvalue weighted by Gasteiger charge is -2.17. The van der Waals surface area contributed by atoms with Crippen molar-refractivity contribution in [1.29, 1.82) is 0 Å². The van der Waals surface area contributed by atoms with Crippen LogP contribution in [0.15, 0.2) is 36.7 Å². The molecule has 184 valence electrons. The summed E-state index contributed by atoms with van der Waals surface area (Å²) in [5.41, 5.74) is -2.50. The zero-order chi connectivity index (χ0) is 25.1. The van der Waals surface area contributed by atoms with Crippen molar-refractivity contribution in [1.82, 2.24) is 14.8 Å². The van der Waals surface area contributed by atoms with E-state index in [0.717, 1.165) is 42.3 Å². The van der Waals surface area contributed by atoms with E-state index in [2.05, 4.69) is 10.1 Å². The minimum Gasteiger partial charge on any atom is -0.506 e.